The molecule has 0 aromatic heterocycles. The van der Waals surface area contributed by atoms with Crippen LogP contribution < -0.4 is 5.32 Å². The van der Waals surface area contributed by atoms with Gasteiger partial charge in [0.25, 0.3) is 0 Å². The van der Waals surface area contributed by atoms with E-state index in [4.69, 9.17) is 4.74 Å². The molecule has 4 heteroatoms. The molecular formula is C9H13NO3. The topological polar surface area (TPSA) is 55.4 Å². The van der Waals surface area contributed by atoms with E-state index in [1.54, 1.807) is 0 Å². The van der Waals surface area contributed by atoms with Crippen molar-refractivity contribution in [1.29, 1.82) is 0 Å². The number of carbonyl (C=O) groups excluding carboxylic acids is 2. The minimum Gasteiger partial charge on any atom is -0.462 e. The van der Waals surface area contributed by atoms with Crippen molar-refractivity contribution in [2.75, 3.05) is 6.54 Å². The normalized spacial score (nSPS) is 28.0. The minimum atomic E-state index is -0.137. The molecule has 0 aromatic carbocycles. The van der Waals surface area contributed by atoms with E-state index >= 15 is 0 Å². The van der Waals surface area contributed by atoms with Crippen molar-refractivity contribution in [3.05, 3.63) is 0 Å². The van der Waals surface area contributed by atoms with Crippen LogP contribution in [0.15, 0.2) is 0 Å². The van der Waals surface area contributed by atoms with Crippen LogP contribution in [0.1, 0.15) is 25.7 Å². The minimum absolute atomic E-state index is 0.0375. The van der Waals surface area contributed by atoms with Crippen LogP contribution in [0.5, 0.6) is 0 Å². The number of hydrogen-bond acceptors (Lipinski definition) is 3. The van der Waals surface area contributed by atoms with Crippen molar-refractivity contribution >= 4 is 11.9 Å². The molecule has 13 heavy (non-hydrogen) atoms. The van der Waals surface area contributed by atoms with Gasteiger partial charge in [0, 0.05) is 13.0 Å². The molecule has 2 aliphatic rings. The van der Waals surface area contributed by atoms with Crippen molar-refractivity contribution in [3.8, 4) is 0 Å². The number of ether oxygens (including phenoxy) is 1. The number of esters is 1. The lowest BCUT2D eigenvalue weighted by atomic mass is 10.00. The zero-order valence-electron chi connectivity index (χ0n) is 7.41. The molecule has 72 valence electrons. The van der Waals surface area contributed by atoms with Gasteiger partial charge >= 0.3 is 5.97 Å². The van der Waals surface area contributed by atoms with Gasteiger partial charge in [0.1, 0.15) is 6.10 Å². The van der Waals surface area contributed by atoms with Crippen LogP contribution in [0.4, 0.5) is 0 Å². The van der Waals surface area contributed by atoms with Gasteiger partial charge in [-0.1, -0.05) is 0 Å². The summed E-state index contributed by atoms with van der Waals surface area (Å²) >= 11 is 0. The summed E-state index contributed by atoms with van der Waals surface area (Å²) in [6.07, 6.45) is 3.27. The van der Waals surface area contributed by atoms with Gasteiger partial charge in [0.15, 0.2) is 0 Å². The van der Waals surface area contributed by atoms with Gasteiger partial charge in [-0.2, -0.15) is 0 Å². The second-order valence-corrected chi connectivity index (χ2v) is 3.68. The predicted molar refractivity (Wildman–Crippen MR) is 44.8 cm³/mol. The highest BCUT2D eigenvalue weighted by Crippen LogP contribution is 2.25. The molecule has 1 saturated carbocycles. The third kappa shape index (κ3) is 2.20. The first-order chi connectivity index (χ1) is 6.25. The maximum Gasteiger partial charge on any atom is 0.311 e. The Kier molecular flexibility index (Phi) is 2.20. The van der Waals surface area contributed by atoms with Gasteiger partial charge in [0.2, 0.25) is 5.91 Å². The summed E-state index contributed by atoms with van der Waals surface area (Å²) in [6, 6.07) is 0. The lowest BCUT2D eigenvalue weighted by Gasteiger charge is -2.20. The molecule has 4 nitrogen and oxygen atoms in total. The molecule has 1 aliphatic carbocycles. The van der Waals surface area contributed by atoms with Crippen LogP contribution in [0.3, 0.4) is 0 Å². The second kappa shape index (κ2) is 3.36. The van der Waals surface area contributed by atoms with E-state index < -0.39 is 0 Å². The molecular weight excluding hydrogens is 170 g/mol. The Bertz CT molecular complexity index is 225. The fraction of sp³-hybridized carbons (Fsp3) is 0.778. The first kappa shape index (κ1) is 8.53. The number of nitrogens with one attached hydrogen (secondary N) is 1. The number of carbonyl (C=O) groups is 2. The SMILES string of the molecule is O=C1CCC(C(=O)OC2CC2)CN1. The average molecular weight is 183 g/mol. The van der Waals surface area contributed by atoms with E-state index in [-0.39, 0.29) is 23.9 Å². The summed E-state index contributed by atoms with van der Waals surface area (Å²) in [5.74, 6) is -0.212. The Morgan fingerprint density at radius 1 is 1.38 bits per heavy atom. The standard InChI is InChI=1S/C9H13NO3/c11-8-4-1-6(5-10-8)9(12)13-7-2-3-7/h6-7H,1-5H2,(H,10,11). The Morgan fingerprint density at radius 2 is 2.15 bits per heavy atom. The fourth-order valence-electron chi connectivity index (χ4n) is 1.38. The number of amides is 1. The van der Waals surface area contributed by atoms with E-state index in [2.05, 4.69) is 5.32 Å². The Hall–Kier alpha value is -1.06. The van der Waals surface area contributed by atoms with Gasteiger partial charge in [0.05, 0.1) is 5.92 Å². The highest BCUT2D eigenvalue weighted by atomic mass is 16.5. The number of hydrogen-bond donors (Lipinski definition) is 1. The molecule has 2 rings (SSSR count). The van der Waals surface area contributed by atoms with E-state index in [9.17, 15) is 9.59 Å². The molecule has 0 aromatic rings. The molecule has 2 fully saturated rings. The molecule has 0 radical (unpaired) electrons. The van der Waals surface area contributed by atoms with Crippen LogP contribution in [0, 0.1) is 5.92 Å². The largest absolute Gasteiger partial charge is 0.462 e. The van der Waals surface area contributed by atoms with Crippen LogP contribution in [-0.2, 0) is 14.3 Å². The van der Waals surface area contributed by atoms with Gasteiger partial charge < -0.3 is 10.1 Å². The molecule has 1 heterocycles. The maximum absolute atomic E-state index is 11.4. The van der Waals surface area contributed by atoms with Crippen molar-refractivity contribution < 1.29 is 14.3 Å². The molecule has 1 amide bonds. The molecule has 1 saturated heterocycles. The van der Waals surface area contributed by atoms with Crippen LogP contribution >= 0.6 is 0 Å². The summed E-state index contributed by atoms with van der Waals surface area (Å²) in [4.78, 5) is 22.2. The van der Waals surface area contributed by atoms with E-state index in [0.717, 1.165) is 12.8 Å². The van der Waals surface area contributed by atoms with Gasteiger partial charge in [-0.3, -0.25) is 9.59 Å². The number of piperidine rings is 1. The average Bonchev–Trinajstić information content (AvgIpc) is 2.89. The Morgan fingerprint density at radius 3 is 2.69 bits per heavy atom. The van der Waals surface area contributed by atoms with Crippen LogP contribution in [0.25, 0.3) is 0 Å². The lowest BCUT2D eigenvalue weighted by molar-refractivity contribution is -0.150. The highest BCUT2D eigenvalue weighted by molar-refractivity contribution is 5.81. The Labute approximate surface area is 76.6 Å². The van der Waals surface area contributed by atoms with E-state index in [1.807, 2.05) is 0 Å². The third-order valence-electron chi connectivity index (χ3n) is 2.41. The first-order valence-electron chi connectivity index (χ1n) is 4.73. The molecule has 0 spiro atoms. The quantitative estimate of drug-likeness (QED) is 0.623. The van der Waals surface area contributed by atoms with Gasteiger partial charge in [-0.05, 0) is 19.3 Å². The monoisotopic (exact) mass is 183 g/mol. The third-order valence-corrected chi connectivity index (χ3v) is 2.41. The molecule has 1 unspecified atom stereocenters. The molecule has 0 bridgehead atoms. The predicted octanol–water partition coefficient (Wildman–Crippen LogP) is 0.218. The zero-order valence-corrected chi connectivity index (χ0v) is 7.41. The van der Waals surface area contributed by atoms with Crippen LogP contribution in [0.2, 0.25) is 0 Å². The van der Waals surface area contributed by atoms with Crippen molar-refractivity contribution in [2.24, 2.45) is 5.92 Å². The number of rotatable bonds is 2. The summed E-state index contributed by atoms with van der Waals surface area (Å²) in [5.41, 5.74) is 0. The van der Waals surface area contributed by atoms with Gasteiger partial charge in [-0.25, -0.2) is 0 Å². The highest BCUT2D eigenvalue weighted by Gasteiger charge is 2.31. The smallest absolute Gasteiger partial charge is 0.311 e. The second-order valence-electron chi connectivity index (χ2n) is 3.68. The molecule has 1 atom stereocenters. The van der Waals surface area contributed by atoms with E-state index in [0.29, 0.717) is 19.4 Å². The Balaban J connectivity index is 1.78. The molecule has 1 N–H and O–H groups in total. The maximum atomic E-state index is 11.4. The zero-order chi connectivity index (χ0) is 9.26. The molecule has 1 aliphatic heterocycles. The summed E-state index contributed by atoms with van der Waals surface area (Å²) < 4.78 is 5.15. The van der Waals surface area contributed by atoms with Crippen molar-refractivity contribution in [3.63, 3.8) is 0 Å². The summed E-state index contributed by atoms with van der Waals surface area (Å²) in [5, 5.41) is 2.67. The van der Waals surface area contributed by atoms with Crippen molar-refractivity contribution in [1.82, 2.24) is 5.32 Å². The van der Waals surface area contributed by atoms with Crippen LogP contribution in [-0.4, -0.2) is 24.5 Å². The fourth-order valence-corrected chi connectivity index (χ4v) is 1.38. The van der Waals surface area contributed by atoms with Crippen molar-refractivity contribution in [2.45, 2.75) is 31.8 Å². The lowest BCUT2D eigenvalue weighted by Crippen LogP contribution is -2.39. The van der Waals surface area contributed by atoms with E-state index in [1.165, 1.54) is 0 Å². The first-order valence-corrected chi connectivity index (χ1v) is 4.73. The van der Waals surface area contributed by atoms with Gasteiger partial charge in [-0.15, -0.1) is 0 Å². The summed E-state index contributed by atoms with van der Waals surface area (Å²) in [6.45, 7) is 0.449. The summed E-state index contributed by atoms with van der Waals surface area (Å²) in [7, 11) is 0.